The van der Waals surface area contributed by atoms with Crippen molar-refractivity contribution in [3.8, 4) is 0 Å². The summed E-state index contributed by atoms with van der Waals surface area (Å²) < 4.78 is 2.53. The van der Waals surface area contributed by atoms with Gasteiger partial charge in [0.05, 0.1) is 0 Å². The van der Waals surface area contributed by atoms with Gasteiger partial charge in [0.2, 0.25) is 0 Å². The number of hydrogen-bond acceptors (Lipinski definition) is 4. The Hall–Kier alpha value is -1.72. The third-order valence-corrected chi connectivity index (χ3v) is 2.96. The zero-order valence-corrected chi connectivity index (χ0v) is 9.27. The topological polar surface area (TPSA) is 96.0 Å². The predicted octanol–water partition coefficient (Wildman–Crippen LogP) is -0.396. The van der Waals surface area contributed by atoms with E-state index in [4.69, 9.17) is 11.5 Å². The summed E-state index contributed by atoms with van der Waals surface area (Å²) in [5, 5.41) is 0. The first-order valence-electron chi connectivity index (χ1n) is 5.44. The molecule has 6 heteroatoms. The van der Waals surface area contributed by atoms with Crippen molar-refractivity contribution in [3.05, 3.63) is 20.8 Å². The van der Waals surface area contributed by atoms with Gasteiger partial charge in [0, 0.05) is 13.1 Å². The standard InChI is InChI=1S/C10H16N4O2/c1-2-13-8(12)7(11)9(15)14(10(13)16)5-6-3-4-6/h6H,2-5,11-12H2,1H3. The summed E-state index contributed by atoms with van der Waals surface area (Å²) in [6, 6.07) is 0. The molecular weight excluding hydrogens is 208 g/mol. The highest BCUT2D eigenvalue weighted by atomic mass is 16.2. The number of anilines is 2. The van der Waals surface area contributed by atoms with E-state index in [2.05, 4.69) is 0 Å². The first-order chi connectivity index (χ1) is 7.56. The molecule has 2 rings (SSSR count). The molecule has 0 bridgehead atoms. The smallest absolute Gasteiger partial charge is 0.332 e. The van der Waals surface area contributed by atoms with E-state index in [0.717, 1.165) is 12.8 Å². The predicted molar refractivity (Wildman–Crippen MR) is 62.2 cm³/mol. The summed E-state index contributed by atoms with van der Waals surface area (Å²) in [7, 11) is 0. The Morgan fingerprint density at radius 2 is 1.88 bits per heavy atom. The second-order valence-electron chi connectivity index (χ2n) is 4.18. The van der Waals surface area contributed by atoms with E-state index < -0.39 is 5.56 Å². The first kappa shape index (κ1) is 10.8. The van der Waals surface area contributed by atoms with Crippen molar-refractivity contribution >= 4 is 11.5 Å². The fourth-order valence-electron chi connectivity index (χ4n) is 1.76. The van der Waals surface area contributed by atoms with Crippen LogP contribution in [0.25, 0.3) is 0 Å². The lowest BCUT2D eigenvalue weighted by atomic mass is 10.4. The third kappa shape index (κ3) is 1.60. The van der Waals surface area contributed by atoms with Gasteiger partial charge in [0.15, 0.2) is 0 Å². The lowest BCUT2D eigenvalue weighted by molar-refractivity contribution is 0.539. The number of nitrogens with zero attached hydrogens (tertiary/aromatic N) is 2. The highest BCUT2D eigenvalue weighted by Gasteiger charge is 2.24. The molecule has 1 aliphatic rings. The van der Waals surface area contributed by atoms with Crippen LogP contribution in [-0.2, 0) is 13.1 Å². The molecule has 0 atom stereocenters. The highest BCUT2D eigenvalue weighted by Crippen LogP contribution is 2.29. The summed E-state index contributed by atoms with van der Waals surface area (Å²) >= 11 is 0. The Kier molecular flexibility index (Phi) is 2.49. The molecule has 0 aromatic carbocycles. The van der Waals surface area contributed by atoms with Crippen molar-refractivity contribution < 1.29 is 0 Å². The van der Waals surface area contributed by atoms with Crippen molar-refractivity contribution in [1.82, 2.24) is 9.13 Å². The van der Waals surface area contributed by atoms with Gasteiger partial charge in [0.1, 0.15) is 11.5 Å². The first-order valence-corrected chi connectivity index (χ1v) is 5.44. The van der Waals surface area contributed by atoms with Gasteiger partial charge in [-0.1, -0.05) is 0 Å². The molecule has 0 amide bonds. The minimum atomic E-state index is -0.459. The summed E-state index contributed by atoms with van der Waals surface area (Å²) in [4.78, 5) is 23.7. The maximum absolute atomic E-state index is 11.9. The van der Waals surface area contributed by atoms with Crippen molar-refractivity contribution in [2.75, 3.05) is 11.5 Å². The fraction of sp³-hybridized carbons (Fsp3) is 0.600. The average Bonchev–Trinajstić information content (AvgIpc) is 3.06. The molecule has 1 aromatic heterocycles. The van der Waals surface area contributed by atoms with E-state index in [0.29, 0.717) is 19.0 Å². The summed E-state index contributed by atoms with van der Waals surface area (Å²) in [6.45, 7) is 2.67. The van der Waals surface area contributed by atoms with Gasteiger partial charge in [-0.05, 0) is 25.7 Å². The van der Waals surface area contributed by atoms with E-state index in [9.17, 15) is 9.59 Å². The number of aromatic nitrogens is 2. The molecular formula is C10H16N4O2. The second-order valence-corrected chi connectivity index (χ2v) is 4.18. The van der Waals surface area contributed by atoms with Gasteiger partial charge in [-0.2, -0.15) is 0 Å². The van der Waals surface area contributed by atoms with Crippen LogP contribution in [-0.4, -0.2) is 9.13 Å². The molecule has 0 radical (unpaired) electrons. The molecule has 1 aliphatic carbocycles. The molecule has 1 fully saturated rings. The van der Waals surface area contributed by atoms with Crippen LogP contribution in [0.3, 0.4) is 0 Å². The van der Waals surface area contributed by atoms with Crippen molar-refractivity contribution in [2.24, 2.45) is 5.92 Å². The van der Waals surface area contributed by atoms with Crippen molar-refractivity contribution in [2.45, 2.75) is 32.9 Å². The normalized spacial score (nSPS) is 15.3. The van der Waals surface area contributed by atoms with Gasteiger partial charge in [0.25, 0.3) is 5.56 Å². The molecule has 6 nitrogen and oxygen atoms in total. The van der Waals surface area contributed by atoms with Gasteiger partial charge in [-0.3, -0.25) is 13.9 Å². The van der Waals surface area contributed by atoms with Crippen LogP contribution < -0.4 is 22.7 Å². The molecule has 88 valence electrons. The molecule has 1 heterocycles. The largest absolute Gasteiger partial charge is 0.391 e. The van der Waals surface area contributed by atoms with Gasteiger partial charge in [-0.15, -0.1) is 0 Å². The van der Waals surface area contributed by atoms with Crippen LogP contribution in [0.5, 0.6) is 0 Å². The van der Waals surface area contributed by atoms with Gasteiger partial charge in [-0.25, -0.2) is 4.79 Å². The van der Waals surface area contributed by atoms with Crippen molar-refractivity contribution in [3.63, 3.8) is 0 Å². The van der Waals surface area contributed by atoms with Crippen LogP contribution in [0.2, 0.25) is 0 Å². The molecule has 0 saturated heterocycles. The van der Waals surface area contributed by atoms with E-state index in [1.165, 1.54) is 9.13 Å². The van der Waals surface area contributed by atoms with Crippen LogP contribution in [0.1, 0.15) is 19.8 Å². The van der Waals surface area contributed by atoms with E-state index in [1.807, 2.05) is 0 Å². The van der Waals surface area contributed by atoms with E-state index >= 15 is 0 Å². The van der Waals surface area contributed by atoms with Crippen LogP contribution in [0, 0.1) is 5.92 Å². The molecule has 4 N–H and O–H groups in total. The second kappa shape index (κ2) is 3.70. The molecule has 0 spiro atoms. The third-order valence-electron chi connectivity index (χ3n) is 2.96. The molecule has 1 saturated carbocycles. The van der Waals surface area contributed by atoms with Gasteiger partial charge >= 0.3 is 5.69 Å². The quantitative estimate of drug-likeness (QED) is 0.730. The molecule has 0 aliphatic heterocycles. The molecule has 1 aromatic rings. The number of hydrogen-bond donors (Lipinski definition) is 2. The van der Waals surface area contributed by atoms with Crippen molar-refractivity contribution in [1.29, 1.82) is 0 Å². The maximum atomic E-state index is 11.9. The lowest BCUT2D eigenvalue weighted by Gasteiger charge is -2.12. The highest BCUT2D eigenvalue weighted by molar-refractivity contribution is 5.56. The molecule has 16 heavy (non-hydrogen) atoms. The maximum Gasteiger partial charge on any atom is 0.332 e. The van der Waals surface area contributed by atoms with Crippen LogP contribution >= 0.6 is 0 Å². The minimum Gasteiger partial charge on any atom is -0.391 e. The van der Waals surface area contributed by atoms with E-state index in [1.54, 1.807) is 6.92 Å². The Morgan fingerprint density at radius 1 is 1.25 bits per heavy atom. The Bertz CT molecular complexity index is 525. The van der Waals surface area contributed by atoms with Gasteiger partial charge < -0.3 is 11.5 Å². The SMILES string of the molecule is CCn1c(N)c(N)c(=O)n(CC2CC2)c1=O. The Balaban J connectivity index is 2.62. The zero-order valence-electron chi connectivity index (χ0n) is 9.27. The average molecular weight is 224 g/mol. The summed E-state index contributed by atoms with van der Waals surface area (Å²) in [6.07, 6.45) is 2.14. The number of nitrogen functional groups attached to an aromatic ring is 2. The van der Waals surface area contributed by atoms with Crippen LogP contribution in [0.15, 0.2) is 9.59 Å². The Morgan fingerprint density at radius 3 is 2.38 bits per heavy atom. The molecule has 0 unspecified atom stereocenters. The Labute approximate surface area is 92.5 Å². The fourth-order valence-corrected chi connectivity index (χ4v) is 1.76. The number of nitrogens with two attached hydrogens (primary N) is 2. The van der Waals surface area contributed by atoms with Crippen LogP contribution in [0.4, 0.5) is 11.5 Å². The lowest BCUT2D eigenvalue weighted by Crippen LogP contribution is -2.42. The van der Waals surface area contributed by atoms with E-state index in [-0.39, 0.29) is 17.2 Å². The summed E-state index contributed by atoms with van der Waals surface area (Å²) in [5.41, 5.74) is 10.4. The summed E-state index contributed by atoms with van der Waals surface area (Å²) in [5.74, 6) is 0.517. The minimum absolute atomic E-state index is 0.0258. The zero-order chi connectivity index (χ0) is 11.9. The monoisotopic (exact) mass is 224 g/mol. The number of rotatable bonds is 3.